The third kappa shape index (κ3) is 1.51. The average molecular weight is 186 g/mol. The van der Waals surface area contributed by atoms with Crippen molar-refractivity contribution in [3.8, 4) is 5.88 Å². The Hall–Kier alpha value is -1.63. The number of aromatic amines is 2. The van der Waals surface area contributed by atoms with Gasteiger partial charge in [-0.25, -0.2) is 0 Å². The highest BCUT2D eigenvalue weighted by atomic mass is 32.1. The molecule has 0 aliphatic rings. The van der Waals surface area contributed by atoms with Gasteiger partial charge in [0.25, 0.3) is 5.56 Å². The molecule has 5 N–H and O–H groups in total. The van der Waals surface area contributed by atoms with Crippen LogP contribution in [-0.2, 0) is 0 Å². The Bertz CT molecular complexity index is 418. The number of hydrogen-bond acceptors (Lipinski definition) is 5. The van der Waals surface area contributed by atoms with Crippen molar-refractivity contribution in [1.29, 1.82) is 0 Å². The van der Waals surface area contributed by atoms with Gasteiger partial charge in [-0.15, -0.1) is 0 Å². The van der Waals surface area contributed by atoms with Crippen molar-refractivity contribution in [1.82, 2.24) is 9.97 Å². The van der Waals surface area contributed by atoms with E-state index in [-0.39, 0.29) is 16.2 Å². The summed E-state index contributed by atoms with van der Waals surface area (Å²) >= 11 is 4.58. The van der Waals surface area contributed by atoms with Crippen molar-refractivity contribution in [3.63, 3.8) is 0 Å². The first-order chi connectivity index (χ1) is 5.65. The first-order valence-corrected chi connectivity index (χ1v) is 3.35. The molecule has 0 unspecified atom stereocenters. The number of nitrogens with one attached hydrogen (secondary N) is 2. The zero-order valence-corrected chi connectivity index (χ0v) is 6.68. The summed E-state index contributed by atoms with van der Waals surface area (Å²) in [4.78, 5) is 15.6. The minimum Gasteiger partial charge on any atom is -0.494 e. The molecule has 0 bridgehead atoms. The topological polar surface area (TPSA) is 107 Å². The Morgan fingerprint density at radius 1 is 1.58 bits per heavy atom. The predicted molar refractivity (Wildman–Crippen MR) is 45.7 cm³/mol. The molecule has 0 aliphatic carbocycles. The second-order valence-electron chi connectivity index (χ2n) is 1.95. The molecule has 0 spiro atoms. The predicted octanol–water partition coefficient (Wildman–Crippen LogP) is -0.569. The van der Waals surface area contributed by atoms with Crippen molar-refractivity contribution >= 4 is 18.4 Å². The second-order valence-corrected chi connectivity index (χ2v) is 2.36. The van der Waals surface area contributed by atoms with Crippen LogP contribution in [0, 0.1) is 4.77 Å². The maximum absolute atomic E-state index is 11.0. The molecule has 1 aromatic heterocycles. The molecule has 64 valence electrons. The van der Waals surface area contributed by atoms with Crippen LogP contribution < -0.4 is 11.4 Å². The first-order valence-electron chi connectivity index (χ1n) is 2.94. The summed E-state index contributed by atoms with van der Waals surface area (Å²) in [5, 5.41) is 12.2. The lowest BCUT2D eigenvalue weighted by molar-refractivity contribution is 0.449. The monoisotopic (exact) mass is 186 g/mol. The van der Waals surface area contributed by atoms with E-state index in [0.717, 1.165) is 6.21 Å². The van der Waals surface area contributed by atoms with E-state index < -0.39 is 5.56 Å². The molecule has 0 aliphatic heterocycles. The molecule has 1 heterocycles. The van der Waals surface area contributed by atoms with Gasteiger partial charge in [0.05, 0.1) is 6.21 Å². The number of rotatable bonds is 1. The molecule has 0 amide bonds. The molecule has 0 saturated carbocycles. The highest BCUT2D eigenvalue weighted by Crippen LogP contribution is 2.02. The Labute approximate surface area is 71.8 Å². The Kier molecular flexibility index (Phi) is 2.24. The fourth-order valence-corrected chi connectivity index (χ4v) is 0.868. The van der Waals surface area contributed by atoms with Crippen LogP contribution in [0.15, 0.2) is 9.90 Å². The molecule has 0 fully saturated rings. The number of aromatic hydroxyl groups is 1. The number of nitrogens with zero attached hydrogens (tertiary/aromatic N) is 1. The van der Waals surface area contributed by atoms with Crippen LogP contribution in [0.1, 0.15) is 5.56 Å². The number of hydrazone groups is 1. The number of aromatic nitrogens is 2. The van der Waals surface area contributed by atoms with Crippen molar-refractivity contribution < 1.29 is 5.11 Å². The smallest absolute Gasteiger partial charge is 0.264 e. The fraction of sp³-hybridized carbons (Fsp3) is 0. The molecule has 6 nitrogen and oxygen atoms in total. The lowest BCUT2D eigenvalue weighted by Crippen LogP contribution is -2.13. The maximum Gasteiger partial charge on any atom is 0.264 e. The van der Waals surface area contributed by atoms with Crippen molar-refractivity contribution in [2.75, 3.05) is 0 Å². The molecule has 0 radical (unpaired) electrons. The lowest BCUT2D eigenvalue weighted by Gasteiger charge is -1.95. The van der Waals surface area contributed by atoms with Gasteiger partial charge in [0.2, 0.25) is 5.88 Å². The molecule has 1 rings (SSSR count). The summed E-state index contributed by atoms with van der Waals surface area (Å²) in [5.74, 6) is 4.45. The normalized spacial score (nSPS) is 10.7. The zero-order chi connectivity index (χ0) is 9.14. The van der Waals surface area contributed by atoms with Crippen LogP contribution in [0.3, 0.4) is 0 Å². The molecular formula is C5H6N4O2S. The van der Waals surface area contributed by atoms with Crippen LogP contribution in [0.2, 0.25) is 0 Å². The molecule has 7 heteroatoms. The van der Waals surface area contributed by atoms with E-state index in [9.17, 15) is 4.79 Å². The van der Waals surface area contributed by atoms with Gasteiger partial charge in [-0.3, -0.25) is 9.78 Å². The number of hydrogen-bond donors (Lipinski definition) is 4. The van der Waals surface area contributed by atoms with Gasteiger partial charge in [-0.2, -0.15) is 5.10 Å². The standard InChI is InChI=1S/C5H6N4O2S/c6-7-1-2-3(10)8-5(12)9-4(2)11/h1H,6H2,(H3,8,9,10,11,12)/b7-1+. The average Bonchev–Trinajstić information content (AvgIpc) is 1.96. The minimum absolute atomic E-state index is 0.0478. The van der Waals surface area contributed by atoms with Crippen LogP contribution in [0.5, 0.6) is 5.88 Å². The third-order valence-corrected chi connectivity index (χ3v) is 1.37. The van der Waals surface area contributed by atoms with Crippen LogP contribution >= 0.6 is 12.2 Å². The molecular weight excluding hydrogens is 180 g/mol. The Morgan fingerprint density at radius 3 is 2.75 bits per heavy atom. The summed E-state index contributed by atoms with van der Waals surface area (Å²) in [5.41, 5.74) is -0.587. The van der Waals surface area contributed by atoms with Crippen molar-refractivity contribution in [3.05, 3.63) is 20.7 Å². The van der Waals surface area contributed by atoms with Crippen molar-refractivity contribution in [2.24, 2.45) is 10.9 Å². The lowest BCUT2D eigenvalue weighted by atomic mass is 10.3. The van der Waals surface area contributed by atoms with E-state index in [1.165, 1.54) is 0 Å². The van der Waals surface area contributed by atoms with E-state index in [2.05, 4.69) is 27.3 Å². The van der Waals surface area contributed by atoms with E-state index in [1.54, 1.807) is 0 Å². The molecule has 1 aromatic rings. The van der Waals surface area contributed by atoms with Crippen LogP contribution in [0.4, 0.5) is 0 Å². The van der Waals surface area contributed by atoms with Crippen LogP contribution in [-0.4, -0.2) is 21.3 Å². The largest absolute Gasteiger partial charge is 0.494 e. The maximum atomic E-state index is 11.0. The first kappa shape index (κ1) is 8.47. The van der Waals surface area contributed by atoms with E-state index >= 15 is 0 Å². The van der Waals surface area contributed by atoms with Gasteiger partial charge in [0, 0.05) is 0 Å². The van der Waals surface area contributed by atoms with Crippen LogP contribution in [0.25, 0.3) is 0 Å². The number of nitrogens with two attached hydrogens (primary N) is 1. The van der Waals surface area contributed by atoms with E-state index in [4.69, 9.17) is 10.9 Å². The summed E-state index contributed by atoms with van der Waals surface area (Å²) < 4.78 is 0.0478. The summed E-state index contributed by atoms with van der Waals surface area (Å²) in [6.45, 7) is 0. The van der Waals surface area contributed by atoms with Gasteiger partial charge in [0.1, 0.15) is 5.56 Å². The Balaban J connectivity index is 3.49. The van der Waals surface area contributed by atoms with Gasteiger partial charge in [-0.05, 0) is 12.2 Å². The number of H-pyrrole nitrogens is 2. The van der Waals surface area contributed by atoms with Gasteiger partial charge >= 0.3 is 0 Å². The third-order valence-electron chi connectivity index (χ3n) is 1.16. The van der Waals surface area contributed by atoms with Crippen molar-refractivity contribution in [2.45, 2.75) is 0 Å². The summed E-state index contributed by atoms with van der Waals surface area (Å²) in [6, 6.07) is 0. The van der Waals surface area contributed by atoms with E-state index in [1.807, 2.05) is 0 Å². The minimum atomic E-state index is -0.537. The molecule has 0 aromatic carbocycles. The fourth-order valence-electron chi connectivity index (χ4n) is 0.678. The highest BCUT2D eigenvalue weighted by molar-refractivity contribution is 7.71. The summed E-state index contributed by atoms with van der Waals surface area (Å²) in [6.07, 6.45) is 1.03. The highest BCUT2D eigenvalue weighted by Gasteiger charge is 2.02. The van der Waals surface area contributed by atoms with Gasteiger partial charge in [-0.1, -0.05) is 0 Å². The molecule has 12 heavy (non-hydrogen) atoms. The quantitative estimate of drug-likeness (QED) is 0.204. The second kappa shape index (κ2) is 3.18. The zero-order valence-electron chi connectivity index (χ0n) is 5.87. The Morgan fingerprint density at radius 2 is 2.25 bits per heavy atom. The van der Waals surface area contributed by atoms with E-state index in [0.29, 0.717) is 0 Å². The molecule has 0 saturated heterocycles. The van der Waals surface area contributed by atoms with Gasteiger partial charge < -0.3 is 15.9 Å². The summed E-state index contributed by atoms with van der Waals surface area (Å²) in [7, 11) is 0. The van der Waals surface area contributed by atoms with Gasteiger partial charge in [0.15, 0.2) is 4.77 Å². The molecule has 0 atom stereocenters. The SMILES string of the molecule is N/N=C/c1c(O)[nH]c(=S)[nH]c1=O.